The lowest BCUT2D eigenvalue weighted by atomic mass is 9.91. The molecular formula is C17H18N4OS. The van der Waals surface area contributed by atoms with Gasteiger partial charge in [-0.1, -0.05) is 6.07 Å². The number of carbonyl (C=O) groups is 1. The Kier molecular flexibility index (Phi) is 3.85. The quantitative estimate of drug-likeness (QED) is 0.691. The molecule has 4 rings (SSSR count). The Hall–Kier alpha value is -2.18. The highest BCUT2D eigenvalue weighted by Crippen LogP contribution is 2.31. The maximum absolute atomic E-state index is 12.2. The molecule has 1 saturated heterocycles. The number of amides is 1. The van der Waals surface area contributed by atoms with Crippen LogP contribution in [0.1, 0.15) is 34.0 Å². The summed E-state index contributed by atoms with van der Waals surface area (Å²) < 4.78 is 0. The molecule has 1 fully saturated rings. The molecule has 3 N–H and O–H groups in total. The zero-order valence-electron chi connectivity index (χ0n) is 12.6. The van der Waals surface area contributed by atoms with E-state index in [-0.39, 0.29) is 5.91 Å². The van der Waals surface area contributed by atoms with Crippen LogP contribution in [-0.2, 0) is 0 Å². The highest BCUT2D eigenvalue weighted by molar-refractivity contribution is 7.12. The van der Waals surface area contributed by atoms with Gasteiger partial charge in [0.2, 0.25) is 0 Å². The standard InChI is InChI=1S/C17H18N4OS/c22-17(14-2-1-9-23-14)21-15-4-3-13-16(20-15)12(10-19-13)11-5-7-18-8-6-11/h1-4,9-11,18-19H,5-8H2,(H,20,21,22). The van der Waals surface area contributed by atoms with Crippen LogP contribution in [0.3, 0.4) is 0 Å². The van der Waals surface area contributed by atoms with Crippen molar-refractivity contribution in [1.82, 2.24) is 15.3 Å². The molecule has 0 radical (unpaired) electrons. The third kappa shape index (κ3) is 2.87. The smallest absolute Gasteiger partial charge is 0.266 e. The molecule has 0 spiro atoms. The van der Waals surface area contributed by atoms with E-state index < -0.39 is 0 Å². The molecule has 0 unspecified atom stereocenters. The summed E-state index contributed by atoms with van der Waals surface area (Å²) >= 11 is 1.43. The highest BCUT2D eigenvalue weighted by Gasteiger charge is 2.19. The summed E-state index contributed by atoms with van der Waals surface area (Å²) in [7, 11) is 0. The predicted octanol–water partition coefficient (Wildman–Crippen LogP) is 3.34. The predicted molar refractivity (Wildman–Crippen MR) is 93.2 cm³/mol. The Balaban J connectivity index is 1.62. The first kappa shape index (κ1) is 14.4. The summed E-state index contributed by atoms with van der Waals surface area (Å²) in [4.78, 5) is 20.9. The van der Waals surface area contributed by atoms with E-state index >= 15 is 0 Å². The van der Waals surface area contributed by atoms with Crippen LogP contribution >= 0.6 is 11.3 Å². The van der Waals surface area contributed by atoms with E-state index in [1.165, 1.54) is 16.9 Å². The van der Waals surface area contributed by atoms with Gasteiger partial charge in [0.1, 0.15) is 5.82 Å². The molecule has 0 aromatic carbocycles. The van der Waals surface area contributed by atoms with Crippen LogP contribution in [0.5, 0.6) is 0 Å². The van der Waals surface area contributed by atoms with Crippen LogP contribution in [0.25, 0.3) is 11.0 Å². The molecule has 3 aromatic rings. The Bertz CT molecular complexity index is 818. The van der Waals surface area contributed by atoms with Gasteiger partial charge in [0, 0.05) is 6.20 Å². The number of hydrogen-bond donors (Lipinski definition) is 3. The van der Waals surface area contributed by atoms with E-state index in [9.17, 15) is 4.79 Å². The summed E-state index contributed by atoms with van der Waals surface area (Å²) in [6.45, 7) is 2.10. The maximum atomic E-state index is 12.2. The van der Waals surface area contributed by atoms with Crippen molar-refractivity contribution in [2.75, 3.05) is 18.4 Å². The maximum Gasteiger partial charge on any atom is 0.266 e. The van der Waals surface area contributed by atoms with Gasteiger partial charge in [-0.3, -0.25) is 4.79 Å². The molecule has 4 heterocycles. The molecule has 1 aliphatic rings. The van der Waals surface area contributed by atoms with Crippen LogP contribution < -0.4 is 10.6 Å². The number of rotatable bonds is 3. The fourth-order valence-corrected chi connectivity index (χ4v) is 3.74. The van der Waals surface area contributed by atoms with Gasteiger partial charge in [0.25, 0.3) is 5.91 Å². The first-order valence-electron chi connectivity index (χ1n) is 7.85. The number of H-pyrrole nitrogens is 1. The number of piperidine rings is 1. The number of aromatic amines is 1. The molecule has 3 aromatic heterocycles. The minimum absolute atomic E-state index is 0.106. The van der Waals surface area contributed by atoms with Crippen molar-refractivity contribution in [3.05, 3.63) is 46.3 Å². The number of fused-ring (bicyclic) bond motifs is 1. The fraction of sp³-hybridized carbons (Fsp3) is 0.294. The first-order valence-corrected chi connectivity index (χ1v) is 8.73. The molecule has 6 heteroatoms. The summed E-state index contributed by atoms with van der Waals surface area (Å²) in [6.07, 6.45) is 4.32. The van der Waals surface area contributed by atoms with Gasteiger partial charge >= 0.3 is 0 Å². The Labute approximate surface area is 138 Å². The minimum atomic E-state index is -0.106. The normalized spacial score (nSPS) is 15.8. The summed E-state index contributed by atoms with van der Waals surface area (Å²) in [6, 6.07) is 7.51. The monoisotopic (exact) mass is 326 g/mol. The van der Waals surface area contributed by atoms with Gasteiger partial charge in [-0.15, -0.1) is 11.3 Å². The zero-order valence-corrected chi connectivity index (χ0v) is 13.5. The Morgan fingerprint density at radius 3 is 2.91 bits per heavy atom. The Morgan fingerprint density at radius 2 is 2.13 bits per heavy atom. The van der Waals surface area contributed by atoms with Crippen molar-refractivity contribution in [2.24, 2.45) is 0 Å². The van der Waals surface area contributed by atoms with Gasteiger partial charge in [-0.2, -0.15) is 0 Å². The van der Waals surface area contributed by atoms with Crippen molar-refractivity contribution < 1.29 is 4.79 Å². The lowest BCUT2D eigenvalue weighted by molar-refractivity contribution is 0.103. The zero-order chi connectivity index (χ0) is 15.6. The second-order valence-corrected chi connectivity index (χ2v) is 6.74. The number of aromatic nitrogens is 2. The number of anilines is 1. The average Bonchev–Trinajstić information content (AvgIpc) is 3.25. The number of hydrogen-bond acceptors (Lipinski definition) is 4. The Morgan fingerprint density at radius 1 is 1.26 bits per heavy atom. The van der Waals surface area contributed by atoms with Crippen LogP contribution in [0.4, 0.5) is 5.82 Å². The molecule has 0 atom stereocenters. The van der Waals surface area contributed by atoms with Crippen LogP contribution in [0, 0.1) is 0 Å². The first-order chi connectivity index (χ1) is 11.3. The minimum Gasteiger partial charge on any atom is -0.360 e. The summed E-state index contributed by atoms with van der Waals surface area (Å²) in [5.74, 6) is 1.03. The fourth-order valence-electron chi connectivity index (χ4n) is 3.12. The van der Waals surface area contributed by atoms with E-state index in [0.29, 0.717) is 16.6 Å². The number of nitrogens with one attached hydrogen (secondary N) is 3. The molecule has 1 amide bonds. The molecule has 23 heavy (non-hydrogen) atoms. The van der Waals surface area contributed by atoms with Gasteiger partial charge in [-0.25, -0.2) is 4.98 Å². The molecule has 118 valence electrons. The summed E-state index contributed by atoms with van der Waals surface area (Å²) in [5.41, 5.74) is 3.25. The van der Waals surface area contributed by atoms with Gasteiger partial charge in [0.15, 0.2) is 0 Å². The van der Waals surface area contributed by atoms with E-state index in [1.807, 2.05) is 29.6 Å². The van der Waals surface area contributed by atoms with Crippen molar-refractivity contribution in [3.8, 4) is 0 Å². The van der Waals surface area contributed by atoms with Crippen molar-refractivity contribution >= 4 is 34.1 Å². The van der Waals surface area contributed by atoms with Crippen LogP contribution in [-0.4, -0.2) is 29.0 Å². The molecule has 5 nitrogen and oxygen atoms in total. The number of carbonyl (C=O) groups excluding carboxylic acids is 1. The molecule has 0 aliphatic carbocycles. The van der Waals surface area contributed by atoms with E-state index in [0.717, 1.165) is 37.0 Å². The van der Waals surface area contributed by atoms with Crippen LogP contribution in [0.2, 0.25) is 0 Å². The number of nitrogens with zero attached hydrogens (tertiary/aromatic N) is 1. The lowest BCUT2D eigenvalue weighted by Crippen LogP contribution is -2.26. The molecule has 0 saturated carbocycles. The van der Waals surface area contributed by atoms with E-state index in [1.54, 1.807) is 0 Å². The van der Waals surface area contributed by atoms with E-state index in [4.69, 9.17) is 0 Å². The lowest BCUT2D eigenvalue weighted by Gasteiger charge is -2.21. The third-order valence-electron chi connectivity index (χ3n) is 4.32. The highest BCUT2D eigenvalue weighted by atomic mass is 32.1. The van der Waals surface area contributed by atoms with Gasteiger partial charge in [0.05, 0.1) is 15.9 Å². The van der Waals surface area contributed by atoms with E-state index in [2.05, 4.69) is 26.8 Å². The summed E-state index contributed by atoms with van der Waals surface area (Å²) in [5, 5.41) is 8.18. The van der Waals surface area contributed by atoms with Gasteiger partial charge in [-0.05, 0) is 61.0 Å². The van der Waals surface area contributed by atoms with Crippen molar-refractivity contribution in [1.29, 1.82) is 0 Å². The second kappa shape index (κ2) is 6.14. The largest absolute Gasteiger partial charge is 0.360 e. The van der Waals surface area contributed by atoms with Gasteiger partial charge < -0.3 is 15.6 Å². The van der Waals surface area contributed by atoms with Crippen LogP contribution in [0.15, 0.2) is 35.8 Å². The SMILES string of the molecule is O=C(Nc1ccc2[nH]cc(C3CCNCC3)c2n1)c1cccs1. The number of pyridine rings is 1. The second-order valence-electron chi connectivity index (χ2n) is 5.79. The van der Waals surface area contributed by atoms with Crippen molar-refractivity contribution in [2.45, 2.75) is 18.8 Å². The molecule has 0 bridgehead atoms. The van der Waals surface area contributed by atoms with Crippen molar-refractivity contribution in [3.63, 3.8) is 0 Å². The molecule has 1 aliphatic heterocycles. The average molecular weight is 326 g/mol. The molecular weight excluding hydrogens is 308 g/mol. The number of thiophene rings is 1. The topological polar surface area (TPSA) is 69.8 Å². The third-order valence-corrected chi connectivity index (χ3v) is 5.19.